The molecule has 0 unspecified atom stereocenters. The zero-order valence-corrected chi connectivity index (χ0v) is 13.2. The van der Waals surface area contributed by atoms with Gasteiger partial charge < -0.3 is 14.5 Å². The monoisotopic (exact) mass is 328 g/mol. The van der Waals surface area contributed by atoms with Crippen LogP contribution in [0.5, 0.6) is 0 Å². The van der Waals surface area contributed by atoms with Crippen molar-refractivity contribution < 1.29 is 18.7 Å². The second kappa shape index (κ2) is 7.68. The molecule has 1 aromatic heterocycles. The fourth-order valence-corrected chi connectivity index (χ4v) is 2.87. The van der Waals surface area contributed by atoms with Gasteiger partial charge in [-0.2, -0.15) is 0 Å². The summed E-state index contributed by atoms with van der Waals surface area (Å²) in [5.74, 6) is 0.0549. The lowest BCUT2D eigenvalue weighted by Crippen LogP contribution is -2.41. The number of benzene rings is 1. The van der Waals surface area contributed by atoms with Crippen molar-refractivity contribution in [2.24, 2.45) is 0 Å². The predicted octanol–water partition coefficient (Wildman–Crippen LogP) is 3.57. The minimum Gasteiger partial charge on any atom is -0.459 e. The summed E-state index contributed by atoms with van der Waals surface area (Å²) in [7, 11) is 0. The van der Waals surface area contributed by atoms with Gasteiger partial charge in [0.25, 0.3) is 5.91 Å². The zero-order valence-electron chi connectivity index (χ0n) is 13.2. The van der Waals surface area contributed by atoms with Gasteiger partial charge in [-0.05, 0) is 43.5 Å². The second-order valence-electron chi connectivity index (χ2n) is 5.83. The number of rotatable bonds is 4. The maximum atomic E-state index is 12.0. The van der Waals surface area contributed by atoms with E-state index < -0.39 is 6.09 Å². The van der Waals surface area contributed by atoms with E-state index in [2.05, 4.69) is 10.6 Å². The molecular formula is C18H20N2O4. The number of ether oxygens (including phenoxy) is 1. The molecule has 6 heteroatoms. The Morgan fingerprint density at radius 3 is 2.67 bits per heavy atom. The Morgan fingerprint density at radius 1 is 1.08 bits per heavy atom. The third-order valence-corrected chi connectivity index (χ3v) is 4.00. The van der Waals surface area contributed by atoms with E-state index >= 15 is 0 Å². The van der Waals surface area contributed by atoms with Gasteiger partial charge >= 0.3 is 6.09 Å². The largest absolute Gasteiger partial charge is 0.459 e. The van der Waals surface area contributed by atoms with Crippen molar-refractivity contribution in [1.82, 2.24) is 5.32 Å². The van der Waals surface area contributed by atoms with E-state index in [1.54, 1.807) is 24.3 Å². The number of amides is 2. The van der Waals surface area contributed by atoms with Gasteiger partial charge in [-0.1, -0.05) is 18.2 Å². The Labute approximate surface area is 140 Å². The van der Waals surface area contributed by atoms with Crippen molar-refractivity contribution in [2.45, 2.75) is 37.8 Å². The second-order valence-corrected chi connectivity index (χ2v) is 5.83. The summed E-state index contributed by atoms with van der Waals surface area (Å²) in [6.07, 6.45) is 3.96. The van der Waals surface area contributed by atoms with Crippen LogP contribution in [0.1, 0.15) is 36.2 Å². The van der Waals surface area contributed by atoms with Gasteiger partial charge in [0.15, 0.2) is 5.76 Å². The molecule has 1 aromatic carbocycles. The highest BCUT2D eigenvalue weighted by Crippen LogP contribution is 2.22. The summed E-state index contributed by atoms with van der Waals surface area (Å²) in [5, 5.41) is 5.63. The van der Waals surface area contributed by atoms with Gasteiger partial charge in [-0.3, -0.25) is 10.1 Å². The van der Waals surface area contributed by atoms with Crippen molar-refractivity contribution in [3.05, 3.63) is 54.5 Å². The molecule has 1 saturated carbocycles. The Kier molecular flexibility index (Phi) is 5.15. The van der Waals surface area contributed by atoms with E-state index in [4.69, 9.17) is 9.15 Å². The quantitative estimate of drug-likeness (QED) is 0.899. The number of carbonyl (C=O) groups is 2. The fraction of sp³-hybridized carbons (Fsp3) is 0.333. The summed E-state index contributed by atoms with van der Waals surface area (Å²) in [5.41, 5.74) is 0.695. The highest BCUT2D eigenvalue weighted by Gasteiger charge is 2.26. The van der Waals surface area contributed by atoms with Gasteiger partial charge in [0.1, 0.15) is 6.10 Å². The molecule has 2 aromatic rings. The maximum Gasteiger partial charge on any atom is 0.411 e. The molecule has 126 valence electrons. The van der Waals surface area contributed by atoms with Gasteiger partial charge in [-0.25, -0.2) is 4.79 Å². The van der Waals surface area contributed by atoms with Crippen LogP contribution in [0.3, 0.4) is 0 Å². The molecule has 0 aliphatic heterocycles. The van der Waals surface area contributed by atoms with Crippen LogP contribution < -0.4 is 10.6 Å². The first-order chi connectivity index (χ1) is 11.7. The first-order valence-electron chi connectivity index (χ1n) is 8.08. The van der Waals surface area contributed by atoms with Crippen molar-refractivity contribution in [3.63, 3.8) is 0 Å². The molecular weight excluding hydrogens is 308 g/mol. The van der Waals surface area contributed by atoms with E-state index in [1.165, 1.54) is 6.26 Å². The van der Waals surface area contributed by atoms with Crippen LogP contribution in [0.15, 0.2) is 53.1 Å². The highest BCUT2D eigenvalue weighted by atomic mass is 16.6. The molecule has 2 amide bonds. The van der Waals surface area contributed by atoms with Gasteiger partial charge in [0.05, 0.1) is 6.26 Å². The van der Waals surface area contributed by atoms with Gasteiger partial charge in [-0.15, -0.1) is 0 Å². The lowest BCUT2D eigenvalue weighted by Gasteiger charge is -2.29. The third-order valence-electron chi connectivity index (χ3n) is 4.00. The van der Waals surface area contributed by atoms with Crippen LogP contribution in [0.25, 0.3) is 0 Å². The molecule has 24 heavy (non-hydrogen) atoms. The average molecular weight is 328 g/mol. The maximum absolute atomic E-state index is 12.0. The number of hydrogen-bond acceptors (Lipinski definition) is 4. The Balaban J connectivity index is 1.48. The van der Waals surface area contributed by atoms with E-state index in [-0.39, 0.29) is 18.1 Å². The molecule has 0 spiro atoms. The summed E-state index contributed by atoms with van der Waals surface area (Å²) in [6.45, 7) is 0. The predicted molar refractivity (Wildman–Crippen MR) is 88.8 cm³/mol. The summed E-state index contributed by atoms with van der Waals surface area (Å²) in [6, 6.07) is 12.4. The lowest BCUT2D eigenvalue weighted by molar-refractivity contribution is 0.0702. The molecule has 0 radical (unpaired) electrons. The number of furan rings is 1. The Bertz CT molecular complexity index is 670. The molecule has 2 N–H and O–H groups in total. The summed E-state index contributed by atoms with van der Waals surface area (Å²) in [4.78, 5) is 24.0. The molecule has 0 saturated heterocycles. The molecule has 3 rings (SSSR count). The van der Waals surface area contributed by atoms with Crippen molar-refractivity contribution in [1.29, 1.82) is 0 Å². The first-order valence-corrected chi connectivity index (χ1v) is 8.08. The number of para-hydroxylation sites is 1. The number of anilines is 1. The number of nitrogens with one attached hydrogen (secondary N) is 2. The molecule has 1 fully saturated rings. The van der Waals surface area contributed by atoms with Crippen molar-refractivity contribution >= 4 is 17.7 Å². The van der Waals surface area contributed by atoms with E-state index in [0.29, 0.717) is 17.9 Å². The molecule has 1 heterocycles. The Hall–Kier alpha value is -2.76. The van der Waals surface area contributed by atoms with Crippen LogP contribution in [0.2, 0.25) is 0 Å². The van der Waals surface area contributed by atoms with Crippen LogP contribution in [0.4, 0.5) is 10.5 Å². The lowest BCUT2D eigenvalue weighted by atomic mass is 9.93. The van der Waals surface area contributed by atoms with Crippen molar-refractivity contribution in [3.8, 4) is 0 Å². The van der Waals surface area contributed by atoms with Crippen LogP contribution >= 0.6 is 0 Å². The smallest absolute Gasteiger partial charge is 0.411 e. The van der Waals surface area contributed by atoms with Crippen molar-refractivity contribution in [2.75, 3.05) is 5.32 Å². The van der Waals surface area contributed by atoms with Crippen LogP contribution in [-0.2, 0) is 4.74 Å². The van der Waals surface area contributed by atoms with Gasteiger partial charge in [0.2, 0.25) is 0 Å². The van der Waals surface area contributed by atoms with E-state index in [1.807, 2.05) is 18.2 Å². The molecule has 1 aliphatic rings. The highest BCUT2D eigenvalue weighted by molar-refractivity contribution is 5.91. The summed E-state index contributed by atoms with van der Waals surface area (Å²) < 4.78 is 10.6. The molecule has 6 nitrogen and oxygen atoms in total. The Morgan fingerprint density at radius 2 is 1.92 bits per heavy atom. The summed E-state index contributed by atoms with van der Waals surface area (Å²) >= 11 is 0. The fourth-order valence-electron chi connectivity index (χ4n) is 2.87. The topological polar surface area (TPSA) is 80.6 Å². The minimum absolute atomic E-state index is 0.0223. The zero-order chi connectivity index (χ0) is 16.8. The van der Waals surface area contributed by atoms with E-state index in [0.717, 1.165) is 19.3 Å². The number of carbonyl (C=O) groups excluding carboxylic acids is 2. The standard InChI is InChI=1S/C18H20N2O4/c21-17(16-10-5-11-23-16)19-14-8-4-9-15(12-14)24-18(22)20-13-6-2-1-3-7-13/h1-3,5-7,10-11,14-15H,4,8-9,12H2,(H,19,21)(H,20,22)/t14-,15+/m0/s1. The average Bonchev–Trinajstić information content (AvgIpc) is 3.10. The SMILES string of the molecule is O=C(Nc1ccccc1)O[C@@H]1CCC[C@H](NC(=O)c2ccco2)C1. The van der Waals surface area contributed by atoms with E-state index in [9.17, 15) is 9.59 Å². The first kappa shape index (κ1) is 16.1. The van der Waals surface area contributed by atoms with Gasteiger partial charge in [0, 0.05) is 18.2 Å². The molecule has 1 aliphatic carbocycles. The number of hydrogen-bond donors (Lipinski definition) is 2. The molecule has 2 atom stereocenters. The molecule has 0 bridgehead atoms. The normalized spacial score (nSPS) is 20.2. The minimum atomic E-state index is -0.468. The van der Waals surface area contributed by atoms with Crippen LogP contribution in [-0.4, -0.2) is 24.1 Å². The third kappa shape index (κ3) is 4.38. The van der Waals surface area contributed by atoms with Crippen LogP contribution in [0, 0.1) is 0 Å².